The van der Waals surface area contributed by atoms with E-state index in [4.69, 9.17) is 10.5 Å². The first-order valence-electron chi connectivity index (χ1n) is 7.96. The maximum atomic E-state index is 11.4. The summed E-state index contributed by atoms with van der Waals surface area (Å²) in [4.78, 5) is 18.0. The van der Waals surface area contributed by atoms with Crippen LogP contribution in [0.25, 0.3) is 16.8 Å². The summed E-state index contributed by atoms with van der Waals surface area (Å²) in [6.07, 6.45) is 9.42. The third-order valence-corrected chi connectivity index (χ3v) is 3.93. The number of aromatic nitrogens is 5. The molecule has 140 valence electrons. The monoisotopic (exact) mass is 379 g/mol. The van der Waals surface area contributed by atoms with Gasteiger partial charge in [-0.1, -0.05) is 0 Å². The number of rotatable bonds is 7. The van der Waals surface area contributed by atoms with E-state index in [-0.39, 0.29) is 24.8 Å². The van der Waals surface area contributed by atoms with E-state index in [2.05, 4.69) is 15.2 Å². The van der Waals surface area contributed by atoms with Crippen molar-refractivity contribution in [2.24, 2.45) is 12.8 Å². The zero-order valence-electron chi connectivity index (χ0n) is 14.7. The minimum absolute atomic E-state index is 0. The second-order valence-corrected chi connectivity index (χ2v) is 5.65. The molecule has 0 atom stereocenters. The highest BCUT2D eigenvalue weighted by atomic mass is 35.5. The van der Waals surface area contributed by atoms with Crippen molar-refractivity contribution in [1.29, 1.82) is 0 Å². The molecule has 26 heavy (non-hydrogen) atoms. The summed E-state index contributed by atoms with van der Waals surface area (Å²) in [5.41, 5.74) is 9.16. The van der Waals surface area contributed by atoms with Crippen molar-refractivity contribution in [3.05, 3.63) is 31.0 Å². The molecule has 0 saturated heterocycles. The molecular weight excluding hydrogens is 358 g/mol. The van der Waals surface area contributed by atoms with Gasteiger partial charge in [0.2, 0.25) is 0 Å². The van der Waals surface area contributed by atoms with Crippen LogP contribution >= 0.6 is 12.4 Å². The highest BCUT2D eigenvalue weighted by molar-refractivity contribution is 5.85. The van der Waals surface area contributed by atoms with E-state index < -0.39 is 0 Å². The third-order valence-electron chi connectivity index (χ3n) is 3.93. The molecule has 0 fully saturated rings. The van der Waals surface area contributed by atoms with Gasteiger partial charge in [-0.3, -0.25) is 9.48 Å². The number of halogens is 1. The van der Waals surface area contributed by atoms with Crippen molar-refractivity contribution < 1.29 is 9.53 Å². The van der Waals surface area contributed by atoms with Gasteiger partial charge >= 0.3 is 5.97 Å². The number of hydrogen-bond donors (Lipinski definition) is 1. The number of ether oxygens (including phenoxy) is 1. The normalized spacial score (nSPS) is 10.6. The first kappa shape index (κ1) is 19.7. The van der Waals surface area contributed by atoms with Crippen LogP contribution in [0, 0.1) is 0 Å². The van der Waals surface area contributed by atoms with Crippen LogP contribution in [0.3, 0.4) is 0 Å². The molecule has 0 radical (unpaired) electrons. The molecule has 0 amide bonds. The number of nitrogens with zero attached hydrogens (tertiary/aromatic N) is 6. The van der Waals surface area contributed by atoms with Gasteiger partial charge < -0.3 is 15.4 Å². The molecule has 2 N–H and O–H groups in total. The second-order valence-electron chi connectivity index (χ2n) is 5.65. The van der Waals surface area contributed by atoms with E-state index in [9.17, 15) is 4.79 Å². The lowest BCUT2D eigenvalue weighted by atomic mass is 10.2. The van der Waals surface area contributed by atoms with Gasteiger partial charge in [0, 0.05) is 56.4 Å². The van der Waals surface area contributed by atoms with Crippen LogP contribution in [0.1, 0.15) is 6.42 Å². The molecule has 0 unspecified atom stereocenters. The van der Waals surface area contributed by atoms with Crippen LogP contribution in [0.5, 0.6) is 0 Å². The van der Waals surface area contributed by atoms with Crippen LogP contribution in [0.2, 0.25) is 0 Å². The Morgan fingerprint density at radius 2 is 1.96 bits per heavy atom. The molecule has 3 rings (SSSR count). The van der Waals surface area contributed by atoms with Gasteiger partial charge in [-0.05, 0) is 0 Å². The van der Waals surface area contributed by atoms with Crippen LogP contribution in [0.4, 0.5) is 5.69 Å². The number of anilines is 1. The number of aryl methyl sites for hydroxylation is 1. The topological polar surface area (TPSA) is 104 Å². The van der Waals surface area contributed by atoms with Gasteiger partial charge in [-0.25, -0.2) is 9.50 Å². The fraction of sp³-hybridized carbons (Fsp3) is 0.375. The number of esters is 1. The van der Waals surface area contributed by atoms with Gasteiger partial charge in [0.1, 0.15) is 5.69 Å². The van der Waals surface area contributed by atoms with Crippen molar-refractivity contribution in [1.82, 2.24) is 24.4 Å². The summed E-state index contributed by atoms with van der Waals surface area (Å²) in [7, 11) is 3.25. The van der Waals surface area contributed by atoms with Crippen molar-refractivity contribution in [2.75, 3.05) is 31.6 Å². The summed E-state index contributed by atoms with van der Waals surface area (Å²) in [5, 5.41) is 8.56. The molecule has 0 spiro atoms. The van der Waals surface area contributed by atoms with Crippen LogP contribution in [-0.4, -0.2) is 57.1 Å². The Labute approximate surface area is 157 Å². The van der Waals surface area contributed by atoms with E-state index in [1.54, 1.807) is 27.8 Å². The molecule has 0 bridgehead atoms. The molecule has 9 nitrogen and oxygen atoms in total. The Balaban J connectivity index is 0.00000243. The van der Waals surface area contributed by atoms with Crippen LogP contribution in [0.15, 0.2) is 31.0 Å². The Bertz CT molecular complexity index is 876. The summed E-state index contributed by atoms with van der Waals surface area (Å²) >= 11 is 0. The van der Waals surface area contributed by atoms with E-state index in [0.717, 1.165) is 16.8 Å². The lowest BCUT2D eigenvalue weighted by Crippen LogP contribution is -2.31. The number of hydrogen-bond acceptors (Lipinski definition) is 7. The highest BCUT2D eigenvalue weighted by Crippen LogP contribution is 2.23. The molecule has 3 aromatic heterocycles. The van der Waals surface area contributed by atoms with Crippen LogP contribution < -0.4 is 10.6 Å². The van der Waals surface area contributed by atoms with Crippen molar-refractivity contribution in [3.63, 3.8) is 0 Å². The Hall–Kier alpha value is -2.65. The molecular formula is C16H22ClN7O2. The number of fused-ring (bicyclic) bond motifs is 1. The van der Waals surface area contributed by atoms with Crippen LogP contribution in [-0.2, 0) is 16.6 Å². The summed E-state index contributed by atoms with van der Waals surface area (Å²) in [6.45, 7) is 1.56. The van der Waals surface area contributed by atoms with Crippen molar-refractivity contribution in [3.8, 4) is 11.1 Å². The fourth-order valence-corrected chi connectivity index (χ4v) is 2.64. The largest absolute Gasteiger partial charge is 0.469 e. The maximum Gasteiger partial charge on any atom is 0.307 e. The van der Waals surface area contributed by atoms with Gasteiger partial charge in [0.15, 0.2) is 5.65 Å². The standard InChI is InChI=1S/C16H21N7O2.ClH/c1-21-10-13(8-19-21)12-7-18-16-14(9-20-23(16)11-12)22(6-4-17)5-3-15(24)25-2;/h7-11H,3-6,17H2,1-2H3;1H. The summed E-state index contributed by atoms with van der Waals surface area (Å²) in [6, 6.07) is 0. The summed E-state index contributed by atoms with van der Waals surface area (Å²) < 4.78 is 8.17. The van der Waals surface area contributed by atoms with Gasteiger partial charge in [0.05, 0.1) is 25.9 Å². The molecule has 3 aromatic rings. The molecule has 0 aliphatic heterocycles. The zero-order valence-corrected chi connectivity index (χ0v) is 15.5. The first-order chi connectivity index (χ1) is 12.1. The van der Waals surface area contributed by atoms with Gasteiger partial charge in [-0.2, -0.15) is 10.2 Å². The number of carbonyl (C=O) groups is 1. The maximum absolute atomic E-state index is 11.4. The zero-order chi connectivity index (χ0) is 17.8. The predicted octanol–water partition coefficient (Wildman–Crippen LogP) is 0.880. The first-order valence-corrected chi connectivity index (χ1v) is 7.96. The number of nitrogens with two attached hydrogens (primary N) is 1. The lowest BCUT2D eigenvalue weighted by molar-refractivity contribution is -0.140. The SMILES string of the molecule is COC(=O)CCN(CCN)c1cnn2cc(-c3cnn(C)c3)cnc12.Cl. The average molecular weight is 380 g/mol. The molecule has 0 aromatic carbocycles. The Kier molecular flexibility index (Phi) is 6.53. The minimum atomic E-state index is -0.259. The molecule has 3 heterocycles. The highest BCUT2D eigenvalue weighted by Gasteiger charge is 2.15. The molecule has 10 heteroatoms. The number of carbonyl (C=O) groups excluding carboxylic acids is 1. The predicted molar refractivity (Wildman–Crippen MR) is 100 cm³/mol. The lowest BCUT2D eigenvalue weighted by Gasteiger charge is -2.21. The van der Waals surface area contributed by atoms with E-state index in [0.29, 0.717) is 25.3 Å². The second kappa shape index (κ2) is 8.63. The van der Waals surface area contributed by atoms with E-state index in [1.807, 2.05) is 24.3 Å². The summed E-state index contributed by atoms with van der Waals surface area (Å²) in [5.74, 6) is -0.259. The van der Waals surface area contributed by atoms with Gasteiger partial charge in [0.25, 0.3) is 0 Å². The third kappa shape index (κ3) is 4.12. The van der Waals surface area contributed by atoms with Crippen molar-refractivity contribution >= 4 is 29.7 Å². The van der Waals surface area contributed by atoms with E-state index in [1.165, 1.54) is 7.11 Å². The molecule has 0 aliphatic rings. The molecule has 0 saturated carbocycles. The number of methoxy groups -OCH3 is 1. The quantitative estimate of drug-likeness (QED) is 0.607. The Morgan fingerprint density at radius 3 is 2.62 bits per heavy atom. The fourth-order valence-electron chi connectivity index (χ4n) is 2.64. The van der Waals surface area contributed by atoms with E-state index >= 15 is 0 Å². The average Bonchev–Trinajstić information content (AvgIpc) is 3.24. The molecule has 0 aliphatic carbocycles. The smallest absolute Gasteiger partial charge is 0.307 e. The van der Waals surface area contributed by atoms with Crippen molar-refractivity contribution in [2.45, 2.75) is 6.42 Å². The van der Waals surface area contributed by atoms with Gasteiger partial charge in [-0.15, -0.1) is 12.4 Å². The Morgan fingerprint density at radius 1 is 1.19 bits per heavy atom. The minimum Gasteiger partial charge on any atom is -0.469 e.